The van der Waals surface area contributed by atoms with Gasteiger partial charge in [0.15, 0.2) is 0 Å². The van der Waals surface area contributed by atoms with Gasteiger partial charge in [0.25, 0.3) is 5.91 Å². The van der Waals surface area contributed by atoms with Crippen LogP contribution in [0.15, 0.2) is 42.6 Å². The number of hydrogen-bond donors (Lipinski definition) is 1. The Balaban J connectivity index is 1.96. The number of ether oxygens (including phenoxy) is 1. The molecule has 1 aromatic heterocycles. The van der Waals surface area contributed by atoms with Crippen molar-refractivity contribution >= 4 is 11.6 Å². The number of para-hydroxylation sites is 1. The second-order valence-corrected chi connectivity index (χ2v) is 5.36. The van der Waals surface area contributed by atoms with Crippen molar-refractivity contribution in [3.8, 4) is 5.75 Å². The molecule has 2 N–H and O–H groups in total. The smallest absolute Gasteiger partial charge is 0.267 e. The van der Waals surface area contributed by atoms with Crippen molar-refractivity contribution in [3.63, 3.8) is 0 Å². The van der Waals surface area contributed by atoms with Crippen molar-refractivity contribution in [2.24, 2.45) is 5.73 Å². The highest BCUT2D eigenvalue weighted by atomic mass is 16.5. The molecular weight excluding hydrogens is 278 g/mol. The molecule has 1 atom stereocenters. The van der Waals surface area contributed by atoms with Crippen molar-refractivity contribution in [2.75, 3.05) is 18.6 Å². The molecule has 5 heteroatoms. The molecule has 1 unspecified atom stereocenters. The molecule has 1 saturated heterocycles. The molecule has 114 valence electrons. The van der Waals surface area contributed by atoms with Gasteiger partial charge in [0.1, 0.15) is 11.4 Å². The average Bonchev–Trinajstić information content (AvgIpc) is 3.04. The molecule has 5 nitrogen and oxygen atoms in total. The van der Waals surface area contributed by atoms with Crippen molar-refractivity contribution in [1.82, 2.24) is 4.98 Å². The fraction of sp³-hybridized carbons (Fsp3) is 0.294. The molecule has 1 aromatic carbocycles. The Kier molecular flexibility index (Phi) is 3.96. The van der Waals surface area contributed by atoms with E-state index in [0.29, 0.717) is 5.69 Å². The zero-order valence-corrected chi connectivity index (χ0v) is 12.5. The first-order valence-electron chi connectivity index (χ1n) is 7.36. The van der Waals surface area contributed by atoms with Gasteiger partial charge in [-0.15, -0.1) is 0 Å². The molecule has 1 aliphatic heterocycles. The first-order valence-corrected chi connectivity index (χ1v) is 7.36. The Hall–Kier alpha value is -2.56. The summed E-state index contributed by atoms with van der Waals surface area (Å²) in [6.07, 6.45) is 3.78. The van der Waals surface area contributed by atoms with Crippen molar-refractivity contribution < 1.29 is 9.53 Å². The van der Waals surface area contributed by atoms with E-state index in [1.165, 1.54) is 5.56 Å². The minimum atomic E-state index is -0.505. The second kappa shape index (κ2) is 6.05. The number of carbonyl (C=O) groups excluding carboxylic acids is 1. The third-order valence-electron chi connectivity index (χ3n) is 4.08. The van der Waals surface area contributed by atoms with Crippen LogP contribution in [0, 0.1) is 0 Å². The molecule has 2 aromatic rings. The average molecular weight is 297 g/mol. The summed E-state index contributed by atoms with van der Waals surface area (Å²) in [4.78, 5) is 17.6. The summed E-state index contributed by atoms with van der Waals surface area (Å²) >= 11 is 0. The van der Waals surface area contributed by atoms with Gasteiger partial charge in [0, 0.05) is 24.0 Å². The van der Waals surface area contributed by atoms with Crippen molar-refractivity contribution in [1.29, 1.82) is 0 Å². The number of benzene rings is 1. The van der Waals surface area contributed by atoms with E-state index in [9.17, 15) is 4.79 Å². The third kappa shape index (κ3) is 2.62. The number of amides is 1. The van der Waals surface area contributed by atoms with E-state index in [1.54, 1.807) is 19.4 Å². The lowest BCUT2D eigenvalue weighted by Crippen LogP contribution is -2.24. The third-order valence-corrected chi connectivity index (χ3v) is 4.08. The fourth-order valence-corrected chi connectivity index (χ4v) is 3.07. The molecule has 0 aliphatic carbocycles. The van der Waals surface area contributed by atoms with Crippen LogP contribution in [-0.2, 0) is 0 Å². The summed E-state index contributed by atoms with van der Waals surface area (Å²) in [5, 5.41) is 0. The molecule has 0 bridgehead atoms. The Morgan fingerprint density at radius 1 is 1.36 bits per heavy atom. The van der Waals surface area contributed by atoms with E-state index >= 15 is 0 Å². The normalized spacial score (nSPS) is 17.5. The minimum Gasteiger partial charge on any atom is -0.496 e. The summed E-state index contributed by atoms with van der Waals surface area (Å²) in [6.45, 7) is 0.935. The van der Waals surface area contributed by atoms with Crippen molar-refractivity contribution in [2.45, 2.75) is 18.9 Å². The van der Waals surface area contributed by atoms with Gasteiger partial charge in [0.05, 0.1) is 13.2 Å². The predicted octanol–water partition coefficient (Wildman–Crippen LogP) is 2.53. The van der Waals surface area contributed by atoms with E-state index in [1.807, 2.05) is 24.3 Å². The molecule has 1 amide bonds. The summed E-state index contributed by atoms with van der Waals surface area (Å²) in [7, 11) is 1.69. The van der Waals surface area contributed by atoms with Gasteiger partial charge in [-0.25, -0.2) is 0 Å². The van der Waals surface area contributed by atoms with E-state index in [2.05, 4.69) is 16.0 Å². The quantitative estimate of drug-likeness (QED) is 0.941. The minimum absolute atomic E-state index is 0.235. The van der Waals surface area contributed by atoms with Gasteiger partial charge >= 0.3 is 0 Å². The van der Waals surface area contributed by atoms with Crippen LogP contribution in [0.2, 0.25) is 0 Å². The second-order valence-electron chi connectivity index (χ2n) is 5.36. The molecule has 0 saturated carbocycles. The Morgan fingerprint density at radius 2 is 2.18 bits per heavy atom. The van der Waals surface area contributed by atoms with Crippen LogP contribution >= 0.6 is 0 Å². The molecular formula is C17H19N3O2. The number of nitrogens with zero attached hydrogens (tertiary/aromatic N) is 2. The van der Waals surface area contributed by atoms with Crippen LogP contribution in [0.5, 0.6) is 5.75 Å². The lowest BCUT2D eigenvalue weighted by atomic mass is 10.0. The first kappa shape index (κ1) is 14.4. The molecule has 0 radical (unpaired) electrons. The topological polar surface area (TPSA) is 68.4 Å². The number of rotatable bonds is 4. The van der Waals surface area contributed by atoms with Crippen LogP contribution < -0.4 is 15.4 Å². The maximum absolute atomic E-state index is 11.3. The predicted molar refractivity (Wildman–Crippen MR) is 85.1 cm³/mol. The van der Waals surface area contributed by atoms with Crippen LogP contribution in [0.3, 0.4) is 0 Å². The summed E-state index contributed by atoms with van der Waals surface area (Å²) in [5.41, 5.74) is 7.76. The maximum Gasteiger partial charge on any atom is 0.267 e. The first-order chi connectivity index (χ1) is 10.7. The number of primary amides is 1. The molecule has 1 aliphatic rings. The van der Waals surface area contributed by atoms with Gasteiger partial charge < -0.3 is 15.4 Å². The fourth-order valence-electron chi connectivity index (χ4n) is 3.07. The van der Waals surface area contributed by atoms with Gasteiger partial charge in [-0.05, 0) is 31.0 Å². The van der Waals surface area contributed by atoms with E-state index in [-0.39, 0.29) is 6.04 Å². The molecule has 1 fully saturated rings. The highest BCUT2D eigenvalue weighted by Gasteiger charge is 2.28. The van der Waals surface area contributed by atoms with Gasteiger partial charge in [-0.2, -0.15) is 0 Å². The Bertz CT molecular complexity index is 687. The summed E-state index contributed by atoms with van der Waals surface area (Å²) < 4.78 is 5.49. The number of carbonyl (C=O) groups is 1. The van der Waals surface area contributed by atoms with Crippen LogP contribution in [-0.4, -0.2) is 24.5 Å². The van der Waals surface area contributed by atoms with E-state index in [0.717, 1.165) is 30.8 Å². The number of nitrogens with two attached hydrogens (primary N) is 1. The maximum atomic E-state index is 11.3. The monoisotopic (exact) mass is 297 g/mol. The number of aromatic nitrogens is 1. The molecule has 0 spiro atoms. The molecule has 3 rings (SSSR count). The lowest BCUT2D eigenvalue weighted by molar-refractivity contribution is 0.0995. The highest BCUT2D eigenvalue weighted by Crippen LogP contribution is 2.39. The Morgan fingerprint density at radius 3 is 2.95 bits per heavy atom. The largest absolute Gasteiger partial charge is 0.496 e. The summed E-state index contributed by atoms with van der Waals surface area (Å²) in [5.74, 6) is 0.387. The standard InChI is InChI=1S/C17H19N3O2/c1-22-16-7-3-2-5-13(16)15-6-4-10-20(15)12-8-9-19-14(11-12)17(18)21/h2-3,5,7-9,11,15H,4,6,10H2,1H3,(H2,18,21). The zero-order valence-electron chi connectivity index (χ0n) is 12.5. The zero-order chi connectivity index (χ0) is 15.5. The van der Waals surface area contributed by atoms with Crippen LogP contribution in [0.25, 0.3) is 0 Å². The molecule has 22 heavy (non-hydrogen) atoms. The van der Waals surface area contributed by atoms with E-state index < -0.39 is 5.91 Å². The lowest BCUT2D eigenvalue weighted by Gasteiger charge is -2.28. The molecule has 2 heterocycles. The highest BCUT2D eigenvalue weighted by molar-refractivity contribution is 5.91. The number of anilines is 1. The number of pyridine rings is 1. The van der Waals surface area contributed by atoms with Crippen LogP contribution in [0.4, 0.5) is 5.69 Å². The van der Waals surface area contributed by atoms with Crippen LogP contribution in [0.1, 0.15) is 34.9 Å². The van der Waals surface area contributed by atoms with Crippen molar-refractivity contribution in [3.05, 3.63) is 53.9 Å². The number of methoxy groups -OCH3 is 1. The van der Waals surface area contributed by atoms with Gasteiger partial charge in [0.2, 0.25) is 0 Å². The van der Waals surface area contributed by atoms with Gasteiger partial charge in [-0.3, -0.25) is 9.78 Å². The number of hydrogen-bond acceptors (Lipinski definition) is 4. The summed E-state index contributed by atoms with van der Waals surface area (Å²) in [6, 6.07) is 12.0. The SMILES string of the molecule is COc1ccccc1C1CCCN1c1ccnc(C(N)=O)c1. The Labute approximate surface area is 129 Å². The van der Waals surface area contributed by atoms with E-state index in [4.69, 9.17) is 10.5 Å². The van der Waals surface area contributed by atoms with Gasteiger partial charge in [-0.1, -0.05) is 18.2 Å².